The Morgan fingerprint density at radius 1 is 0.690 bits per heavy atom. The predicted octanol–water partition coefficient (Wildman–Crippen LogP) is 9.24. The van der Waals surface area contributed by atoms with Crippen LogP contribution in [0.1, 0.15) is 51.3 Å². The third kappa shape index (κ3) is 6.54. The van der Waals surface area contributed by atoms with Crippen molar-refractivity contribution in [1.82, 2.24) is 9.97 Å². The van der Waals surface area contributed by atoms with Gasteiger partial charge in [-0.2, -0.15) is 0 Å². The zero-order chi connectivity index (χ0) is 29.4. The summed E-state index contributed by atoms with van der Waals surface area (Å²) in [6.45, 7) is 11.6. The molecule has 0 aliphatic heterocycles. The number of benzene rings is 3. The van der Waals surface area contributed by atoms with Gasteiger partial charge in [0.1, 0.15) is 0 Å². The minimum Gasteiger partial charge on any atom is 0 e. The van der Waals surface area contributed by atoms with Crippen LogP contribution in [0, 0.1) is 12.1 Å². The van der Waals surface area contributed by atoms with E-state index >= 15 is 0 Å². The largest absolute Gasteiger partial charge is 0 e. The van der Waals surface area contributed by atoms with E-state index in [1.165, 1.54) is 32.2 Å². The average Bonchev–Trinajstić information content (AvgIpc) is 3.19. The van der Waals surface area contributed by atoms with E-state index in [0.717, 1.165) is 22.5 Å². The number of nitrogens with zero attached hydrogens (tertiary/aromatic N) is 2. The number of rotatable bonds is 3. The zero-order valence-corrected chi connectivity index (χ0v) is 30.5. The van der Waals surface area contributed by atoms with Gasteiger partial charge in [-0.1, -0.05) is 58.9 Å². The van der Waals surface area contributed by atoms with Gasteiger partial charge in [0.05, 0.1) is 0 Å². The van der Waals surface area contributed by atoms with Crippen molar-refractivity contribution in [3.8, 4) is 33.6 Å². The molecular formula is C38H40GeIrN2-2. The molecule has 3 aromatic carbocycles. The van der Waals surface area contributed by atoms with Crippen molar-refractivity contribution in [3.63, 3.8) is 0 Å². The van der Waals surface area contributed by atoms with Gasteiger partial charge >= 0.3 is 99.8 Å². The molecule has 0 atom stereocenters. The van der Waals surface area contributed by atoms with E-state index in [2.05, 4.69) is 111 Å². The van der Waals surface area contributed by atoms with Crippen LogP contribution in [0.5, 0.6) is 0 Å². The van der Waals surface area contributed by atoms with E-state index in [1.54, 1.807) is 0 Å². The van der Waals surface area contributed by atoms with E-state index in [-0.39, 0.29) is 30.9 Å². The minimum absolute atomic E-state index is 0. The monoisotopic (exact) mass is 791 g/mol. The molecule has 0 bridgehead atoms. The van der Waals surface area contributed by atoms with Crippen molar-refractivity contribution in [2.45, 2.75) is 62.7 Å². The summed E-state index contributed by atoms with van der Waals surface area (Å²) in [4.78, 5) is 9.28. The summed E-state index contributed by atoms with van der Waals surface area (Å²) < 4.78 is 1.44. The SMILES string of the molecule is CC(C)(C)c1cccc2c1C(C)(C)c1cc(-c3[c-]cccc3)ncc1-2.[CH3][Ge]([CH3])([CH3])[c]1ccc(-c2[c-]cccc2)nc1.[Ir]. The first-order chi connectivity index (χ1) is 19.4. The van der Waals surface area contributed by atoms with Crippen LogP contribution >= 0.6 is 0 Å². The Balaban J connectivity index is 0.000000207. The molecule has 5 aromatic rings. The van der Waals surface area contributed by atoms with Crippen molar-refractivity contribution in [2.75, 3.05) is 0 Å². The maximum absolute atomic E-state index is 4.75. The van der Waals surface area contributed by atoms with Crippen molar-refractivity contribution in [2.24, 2.45) is 0 Å². The van der Waals surface area contributed by atoms with Crippen LogP contribution in [0.15, 0.2) is 97.3 Å². The van der Waals surface area contributed by atoms with Gasteiger partial charge in [0.15, 0.2) is 0 Å². The summed E-state index contributed by atoms with van der Waals surface area (Å²) in [7, 11) is 0. The summed E-state index contributed by atoms with van der Waals surface area (Å²) in [6, 6.07) is 35.8. The number of fused-ring (bicyclic) bond motifs is 3. The molecule has 217 valence electrons. The van der Waals surface area contributed by atoms with Crippen LogP contribution in [-0.4, -0.2) is 23.2 Å². The van der Waals surface area contributed by atoms with Gasteiger partial charge in [0.2, 0.25) is 0 Å². The quantitative estimate of drug-likeness (QED) is 0.135. The van der Waals surface area contributed by atoms with Crippen LogP contribution in [0.3, 0.4) is 0 Å². The first-order valence-corrected chi connectivity index (χ1v) is 21.8. The van der Waals surface area contributed by atoms with Crippen LogP contribution in [0.4, 0.5) is 0 Å². The minimum atomic E-state index is -1.72. The maximum atomic E-state index is 4.75. The van der Waals surface area contributed by atoms with Crippen molar-refractivity contribution in [1.29, 1.82) is 0 Å². The summed E-state index contributed by atoms with van der Waals surface area (Å²) in [5, 5.41) is 0. The van der Waals surface area contributed by atoms with Gasteiger partial charge in [-0.25, -0.2) is 0 Å². The van der Waals surface area contributed by atoms with E-state index in [1.807, 2.05) is 54.9 Å². The molecule has 1 radical (unpaired) electrons. The van der Waals surface area contributed by atoms with Gasteiger partial charge < -0.3 is 4.98 Å². The summed E-state index contributed by atoms with van der Waals surface area (Å²) in [5.74, 6) is 7.14. The molecular weight excluding hydrogens is 749 g/mol. The first-order valence-electron chi connectivity index (χ1n) is 14.4. The summed E-state index contributed by atoms with van der Waals surface area (Å²) in [6.07, 6.45) is 4.09. The molecule has 2 nitrogen and oxygen atoms in total. The molecule has 6 rings (SSSR count). The third-order valence-corrected chi connectivity index (χ3v) is 12.2. The van der Waals surface area contributed by atoms with E-state index in [0.29, 0.717) is 0 Å². The van der Waals surface area contributed by atoms with Gasteiger partial charge in [0.25, 0.3) is 0 Å². The van der Waals surface area contributed by atoms with Crippen molar-refractivity contribution < 1.29 is 20.1 Å². The Morgan fingerprint density at radius 3 is 1.83 bits per heavy atom. The molecule has 0 N–H and O–H groups in total. The van der Waals surface area contributed by atoms with Gasteiger partial charge in [-0.15, -0.1) is 35.9 Å². The van der Waals surface area contributed by atoms with E-state index in [9.17, 15) is 0 Å². The van der Waals surface area contributed by atoms with Crippen LogP contribution in [0.2, 0.25) is 17.3 Å². The second-order valence-electron chi connectivity index (χ2n) is 13.5. The Labute approximate surface area is 268 Å². The third-order valence-electron chi connectivity index (χ3n) is 7.96. The van der Waals surface area contributed by atoms with Crippen LogP contribution in [0.25, 0.3) is 33.6 Å². The Morgan fingerprint density at radius 2 is 1.31 bits per heavy atom. The number of aromatic nitrogens is 2. The van der Waals surface area contributed by atoms with Crippen LogP contribution in [-0.2, 0) is 30.9 Å². The molecule has 4 heteroatoms. The van der Waals surface area contributed by atoms with Gasteiger partial charge in [0, 0.05) is 37.3 Å². The fraction of sp³-hybridized carbons (Fsp3) is 0.263. The second kappa shape index (κ2) is 12.4. The molecule has 0 saturated heterocycles. The van der Waals surface area contributed by atoms with Crippen LogP contribution < -0.4 is 4.40 Å². The summed E-state index contributed by atoms with van der Waals surface area (Å²) >= 11 is -1.72. The molecule has 2 heterocycles. The smallest absolute Gasteiger partial charge is 0 e. The number of pyridine rings is 2. The maximum Gasteiger partial charge on any atom is 0 e. The van der Waals surface area contributed by atoms with Crippen molar-refractivity contribution in [3.05, 3.63) is 126 Å². The zero-order valence-electron chi connectivity index (χ0n) is 26.0. The predicted molar refractivity (Wildman–Crippen MR) is 176 cm³/mol. The number of hydrogen-bond donors (Lipinski definition) is 0. The fourth-order valence-electron chi connectivity index (χ4n) is 5.65. The molecule has 2 aromatic heterocycles. The summed E-state index contributed by atoms with van der Waals surface area (Å²) in [5.41, 5.74) is 11.1. The molecule has 0 fully saturated rings. The second-order valence-corrected chi connectivity index (χ2v) is 24.1. The standard InChI is InChI=1S/C24H24N.C14H16GeN.Ir/c1-23(2,3)19-13-9-12-17-18-15-25-21(16-10-7-6-8-11-16)14-20(18)24(4,5)22(17)19;1-15(2,3)13-9-10-14(16-11-13)12-7-5-4-6-8-12;/h6-10,12-15H,1-5H3;4-7,9-11H,1-3H3;/q2*-1;. The van der Waals surface area contributed by atoms with Crippen molar-refractivity contribution >= 4 is 17.7 Å². The average molecular weight is 790 g/mol. The van der Waals surface area contributed by atoms with Gasteiger partial charge in [-0.05, 0) is 33.4 Å². The normalized spacial score (nSPS) is 13.2. The molecule has 0 amide bonds. The van der Waals surface area contributed by atoms with Gasteiger partial charge in [-0.3, -0.25) is 0 Å². The molecule has 1 aliphatic carbocycles. The Bertz CT molecular complexity index is 1650. The Hall–Kier alpha value is -2.85. The van der Waals surface area contributed by atoms with E-state index in [4.69, 9.17) is 4.98 Å². The Kier molecular flexibility index (Phi) is 9.47. The fourth-order valence-corrected chi connectivity index (χ4v) is 7.82. The molecule has 0 unspecified atom stereocenters. The first kappa shape index (κ1) is 32.1. The molecule has 0 saturated carbocycles. The van der Waals surface area contributed by atoms with E-state index < -0.39 is 13.3 Å². The number of hydrogen-bond acceptors (Lipinski definition) is 2. The molecule has 0 spiro atoms. The molecule has 42 heavy (non-hydrogen) atoms. The molecule has 1 aliphatic rings. The topological polar surface area (TPSA) is 25.8 Å².